The summed E-state index contributed by atoms with van der Waals surface area (Å²) in [7, 11) is 2.18. The number of quaternary nitrogens is 1. The number of carbonyl (C=O) groups excluding carboxylic acids is 2. The second-order valence-electron chi connectivity index (χ2n) is 9.45. The van der Waals surface area contributed by atoms with Crippen molar-refractivity contribution in [1.82, 2.24) is 9.80 Å². The lowest BCUT2D eigenvalue weighted by Gasteiger charge is -2.45. The van der Waals surface area contributed by atoms with E-state index in [2.05, 4.69) is 14.0 Å². The molecule has 152 valence electrons. The predicted molar refractivity (Wildman–Crippen MR) is 102 cm³/mol. The summed E-state index contributed by atoms with van der Waals surface area (Å²) in [5.41, 5.74) is -0.532. The number of rotatable bonds is 2. The molecule has 1 N–H and O–H groups in total. The van der Waals surface area contributed by atoms with Gasteiger partial charge in [-0.3, -0.25) is 14.5 Å². The lowest BCUT2D eigenvalue weighted by atomic mass is 9.82. The lowest BCUT2D eigenvalue weighted by Crippen LogP contribution is -3.12. The van der Waals surface area contributed by atoms with Gasteiger partial charge in [0.1, 0.15) is 11.8 Å². The van der Waals surface area contributed by atoms with Gasteiger partial charge >= 0.3 is 0 Å². The van der Waals surface area contributed by atoms with Gasteiger partial charge in [0.25, 0.3) is 0 Å². The van der Waals surface area contributed by atoms with Crippen molar-refractivity contribution in [2.75, 3.05) is 39.8 Å². The van der Waals surface area contributed by atoms with Crippen LogP contribution in [0.15, 0.2) is 0 Å². The van der Waals surface area contributed by atoms with Gasteiger partial charge in [0, 0.05) is 5.92 Å². The van der Waals surface area contributed by atoms with Crippen LogP contribution in [0.2, 0.25) is 0 Å². The van der Waals surface area contributed by atoms with Gasteiger partial charge in [-0.15, -0.1) is 0 Å². The van der Waals surface area contributed by atoms with E-state index in [4.69, 9.17) is 4.74 Å². The quantitative estimate of drug-likeness (QED) is 0.768. The van der Waals surface area contributed by atoms with Gasteiger partial charge in [-0.25, -0.2) is 0 Å². The average Bonchev–Trinajstić information content (AvgIpc) is 3.30. The van der Waals surface area contributed by atoms with Crippen LogP contribution in [-0.2, 0) is 14.3 Å². The average molecular weight is 379 g/mol. The van der Waals surface area contributed by atoms with Crippen molar-refractivity contribution in [1.29, 1.82) is 0 Å². The van der Waals surface area contributed by atoms with Crippen molar-refractivity contribution < 1.29 is 19.2 Å². The van der Waals surface area contributed by atoms with E-state index < -0.39 is 11.8 Å². The second kappa shape index (κ2) is 7.70. The number of hydrogen-bond donors (Lipinski definition) is 1. The van der Waals surface area contributed by atoms with Crippen LogP contribution in [0.25, 0.3) is 0 Å². The molecule has 0 aromatic rings. The summed E-state index contributed by atoms with van der Waals surface area (Å²) in [5, 5.41) is 0. The highest BCUT2D eigenvalue weighted by molar-refractivity contribution is 5.90. The summed E-state index contributed by atoms with van der Waals surface area (Å²) in [4.78, 5) is 32.3. The van der Waals surface area contributed by atoms with Crippen LogP contribution in [0.1, 0.15) is 58.3 Å². The number of carbonyl (C=O) groups is 2. The number of ether oxygens (including phenoxy) is 1. The summed E-state index contributed by atoms with van der Waals surface area (Å²) < 4.78 is 6.34. The molecule has 27 heavy (non-hydrogen) atoms. The van der Waals surface area contributed by atoms with E-state index in [1.54, 1.807) is 0 Å². The zero-order valence-corrected chi connectivity index (χ0v) is 17.0. The Balaban J connectivity index is 1.57. The molecular weight excluding hydrogens is 342 g/mol. The maximum atomic E-state index is 13.5. The zero-order chi connectivity index (χ0) is 19.0. The number of nitrogens with zero attached hydrogens (tertiary/aromatic N) is 2. The Morgan fingerprint density at radius 2 is 1.74 bits per heavy atom. The summed E-state index contributed by atoms with van der Waals surface area (Å²) in [6.07, 6.45) is 8.24. The van der Waals surface area contributed by atoms with E-state index in [0.29, 0.717) is 12.5 Å². The number of piperazine rings is 1. The fourth-order valence-corrected chi connectivity index (χ4v) is 5.71. The molecule has 6 nitrogen and oxygen atoms in total. The molecule has 0 unspecified atom stereocenters. The molecule has 0 aromatic heterocycles. The van der Waals surface area contributed by atoms with Crippen molar-refractivity contribution in [2.24, 2.45) is 11.8 Å². The number of nitrogens with one attached hydrogen (secondary N) is 1. The third kappa shape index (κ3) is 3.63. The molecule has 1 spiro atoms. The Kier molecular flexibility index (Phi) is 5.48. The molecule has 4 fully saturated rings. The van der Waals surface area contributed by atoms with Crippen molar-refractivity contribution in [3.05, 3.63) is 0 Å². The number of hydrogen-bond acceptors (Lipinski definition) is 3. The molecule has 4 aliphatic rings. The lowest BCUT2D eigenvalue weighted by molar-refractivity contribution is -0.883. The van der Waals surface area contributed by atoms with Gasteiger partial charge in [-0.1, -0.05) is 26.2 Å². The molecule has 3 atom stereocenters. The van der Waals surface area contributed by atoms with Gasteiger partial charge in [0.2, 0.25) is 11.8 Å². The van der Waals surface area contributed by atoms with Crippen LogP contribution in [0.3, 0.4) is 0 Å². The fourth-order valence-electron chi connectivity index (χ4n) is 5.71. The minimum Gasteiger partial charge on any atom is -0.353 e. The Hall–Kier alpha value is -1.14. The summed E-state index contributed by atoms with van der Waals surface area (Å²) in [6.45, 7) is 6.17. The van der Waals surface area contributed by atoms with E-state index in [0.717, 1.165) is 71.1 Å². The zero-order valence-electron chi connectivity index (χ0n) is 17.0. The van der Waals surface area contributed by atoms with Crippen LogP contribution in [0, 0.1) is 11.8 Å². The van der Waals surface area contributed by atoms with Crippen LogP contribution >= 0.6 is 0 Å². The van der Waals surface area contributed by atoms with E-state index in [1.165, 1.54) is 11.3 Å². The summed E-state index contributed by atoms with van der Waals surface area (Å²) >= 11 is 0. The van der Waals surface area contributed by atoms with Gasteiger partial charge in [-0.2, -0.15) is 0 Å². The first-order valence-electron chi connectivity index (χ1n) is 11.1. The molecule has 0 aromatic carbocycles. The van der Waals surface area contributed by atoms with Crippen molar-refractivity contribution >= 4 is 11.8 Å². The molecule has 0 radical (unpaired) electrons. The topological polar surface area (TPSA) is 54.3 Å². The standard InChI is InChI=1S/C21H35N3O3/c1-16-6-5-9-21(14-16)24(19(25)17-7-3-4-8-17)18(15-27-21)20(26)23-12-10-22(2)11-13-23/h16-18H,3-15H2,1-2H3/p+1/t16-,18+,21+/m1/s1. The Morgan fingerprint density at radius 1 is 1.04 bits per heavy atom. The highest BCUT2D eigenvalue weighted by Crippen LogP contribution is 2.44. The van der Waals surface area contributed by atoms with Crippen molar-refractivity contribution in [3.8, 4) is 0 Å². The highest BCUT2D eigenvalue weighted by atomic mass is 16.5. The van der Waals surface area contributed by atoms with E-state index in [-0.39, 0.29) is 17.7 Å². The van der Waals surface area contributed by atoms with Crippen LogP contribution in [0.4, 0.5) is 0 Å². The van der Waals surface area contributed by atoms with Gasteiger partial charge in [0.15, 0.2) is 0 Å². The largest absolute Gasteiger partial charge is 0.353 e. The summed E-state index contributed by atoms with van der Waals surface area (Å²) in [5.74, 6) is 0.938. The Morgan fingerprint density at radius 3 is 2.41 bits per heavy atom. The monoisotopic (exact) mass is 378 g/mol. The molecule has 4 rings (SSSR count). The third-order valence-electron chi connectivity index (χ3n) is 7.35. The Labute approximate surface area is 163 Å². The smallest absolute Gasteiger partial charge is 0.248 e. The molecular formula is C21H36N3O3+. The molecule has 0 bridgehead atoms. The SMILES string of the molecule is C[C@@H]1CCC[C@@]2(C1)OC[C@@H](C(=O)N1CC[NH+](C)CC1)N2C(=O)C1CCCC1. The van der Waals surface area contributed by atoms with Gasteiger partial charge in [-0.05, 0) is 38.0 Å². The van der Waals surface area contributed by atoms with Crippen LogP contribution in [0.5, 0.6) is 0 Å². The molecule has 2 amide bonds. The molecule has 2 aliphatic carbocycles. The minimum atomic E-state index is -0.532. The number of likely N-dealkylation sites (N-methyl/N-ethyl adjacent to an activating group) is 1. The third-order valence-corrected chi connectivity index (χ3v) is 7.35. The number of amides is 2. The highest BCUT2D eigenvalue weighted by Gasteiger charge is 2.55. The van der Waals surface area contributed by atoms with E-state index in [9.17, 15) is 9.59 Å². The molecule has 2 aliphatic heterocycles. The van der Waals surface area contributed by atoms with Crippen molar-refractivity contribution in [2.45, 2.75) is 70.1 Å². The first kappa shape index (κ1) is 19.2. The maximum absolute atomic E-state index is 13.5. The van der Waals surface area contributed by atoms with Crippen molar-refractivity contribution in [3.63, 3.8) is 0 Å². The first-order chi connectivity index (χ1) is 13.0. The molecule has 6 heteroatoms. The first-order valence-corrected chi connectivity index (χ1v) is 11.1. The predicted octanol–water partition coefficient (Wildman–Crippen LogP) is 0.667. The summed E-state index contributed by atoms with van der Waals surface area (Å²) in [6, 6.07) is -0.415. The van der Waals surface area contributed by atoms with Crippen LogP contribution < -0.4 is 4.90 Å². The van der Waals surface area contributed by atoms with E-state index >= 15 is 0 Å². The molecule has 2 saturated heterocycles. The molecule has 2 saturated carbocycles. The van der Waals surface area contributed by atoms with E-state index in [1.807, 2.05) is 9.80 Å². The van der Waals surface area contributed by atoms with Gasteiger partial charge < -0.3 is 14.5 Å². The van der Waals surface area contributed by atoms with Crippen LogP contribution in [-0.4, -0.2) is 73.2 Å². The Bertz CT molecular complexity index is 569. The minimum absolute atomic E-state index is 0.0908. The molecule has 2 heterocycles. The maximum Gasteiger partial charge on any atom is 0.248 e. The second-order valence-corrected chi connectivity index (χ2v) is 9.45. The fraction of sp³-hybridized carbons (Fsp3) is 0.905. The normalized spacial score (nSPS) is 35.9. The van der Waals surface area contributed by atoms with Gasteiger partial charge in [0.05, 0.1) is 39.8 Å².